The summed E-state index contributed by atoms with van der Waals surface area (Å²) in [4.78, 5) is 35.8. The van der Waals surface area contributed by atoms with Crippen LogP contribution in [0.1, 0.15) is 24.4 Å². The molecule has 0 radical (unpaired) electrons. The number of para-hydroxylation sites is 1. The van der Waals surface area contributed by atoms with Crippen LogP contribution in [0.4, 0.5) is 5.69 Å². The third-order valence-electron chi connectivity index (χ3n) is 6.12. The van der Waals surface area contributed by atoms with Gasteiger partial charge in [-0.15, -0.1) is 0 Å². The zero-order valence-corrected chi connectivity index (χ0v) is 16.4. The van der Waals surface area contributed by atoms with Crippen molar-refractivity contribution in [2.45, 2.75) is 24.9 Å². The highest BCUT2D eigenvalue weighted by molar-refractivity contribution is 5.90. The lowest BCUT2D eigenvalue weighted by Crippen LogP contribution is -2.40. The maximum Gasteiger partial charge on any atom is 0.228 e. The number of rotatable bonds is 4. The Bertz CT molecular complexity index is 842. The number of nitrogens with zero attached hydrogens (tertiary/aromatic N) is 4. The van der Waals surface area contributed by atoms with Crippen molar-refractivity contribution in [2.75, 3.05) is 32.1 Å². The average Bonchev–Trinajstić information content (AvgIpc) is 3.34. The van der Waals surface area contributed by atoms with Gasteiger partial charge in [-0.3, -0.25) is 14.6 Å². The first-order chi connectivity index (χ1) is 13.6. The van der Waals surface area contributed by atoms with E-state index < -0.39 is 0 Å². The standard InChI is InChI=1S/C22H26N4O2/c1-24(17-8-4-3-5-9-17)18-10-12-26(15-18)22(28)19-13-20(27)25(2)21(19)16-7-6-11-23-14-16/h3-9,11,14,18-19,21H,10,12-13,15H2,1-2H3/t18?,19-,21+/m1/s1. The van der Waals surface area contributed by atoms with Crippen molar-refractivity contribution >= 4 is 17.5 Å². The Labute approximate surface area is 165 Å². The quantitative estimate of drug-likeness (QED) is 0.819. The molecule has 0 spiro atoms. The molecule has 3 heterocycles. The van der Waals surface area contributed by atoms with E-state index in [9.17, 15) is 9.59 Å². The number of likely N-dealkylation sites (tertiary alicyclic amines) is 2. The summed E-state index contributed by atoms with van der Waals surface area (Å²) in [5, 5.41) is 0. The van der Waals surface area contributed by atoms with E-state index in [0.717, 1.165) is 24.2 Å². The van der Waals surface area contributed by atoms with Gasteiger partial charge < -0.3 is 14.7 Å². The van der Waals surface area contributed by atoms with E-state index in [1.807, 2.05) is 35.2 Å². The Morgan fingerprint density at radius 3 is 2.68 bits per heavy atom. The number of likely N-dealkylation sites (N-methyl/N-ethyl adjacent to an activating group) is 1. The molecule has 1 aromatic heterocycles. The molecule has 1 aromatic carbocycles. The number of carbonyl (C=O) groups is 2. The van der Waals surface area contributed by atoms with Crippen LogP contribution in [0.2, 0.25) is 0 Å². The van der Waals surface area contributed by atoms with Gasteiger partial charge >= 0.3 is 0 Å². The first-order valence-electron chi connectivity index (χ1n) is 9.78. The van der Waals surface area contributed by atoms with E-state index in [4.69, 9.17) is 0 Å². The smallest absolute Gasteiger partial charge is 0.228 e. The van der Waals surface area contributed by atoms with Gasteiger partial charge in [-0.1, -0.05) is 24.3 Å². The molecule has 146 valence electrons. The molecular weight excluding hydrogens is 352 g/mol. The third-order valence-corrected chi connectivity index (χ3v) is 6.12. The summed E-state index contributed by atoms with van der Waals surface area (Å²) in [5.41, 5.74) is 2.08. The fraction of sp³-hybridized carbons (Fsp3) is 0.409. The van der Waals surface area contributed by atoms with Gasteiger partial charge in [0.05, 0.1) is 12.0 Å². The molecule has 3 atom stereocenters. The van der Waals surface area contributed by atoms with Gasteiger partial charge in [0.1, 0.15) is 0 Å². The van der Waals surface area contributed by atoms with Crippen molar-refractivity contribution in [3.8, 4) is 0 Å². The highest BCUT2D eigenvalue weighted by Gasteiger charge is 2.45. The van der Waals surface area contributed by atoms with Crippen molar-refractivity contribution in [3.05, 3.63) is 60.4 Å². The van der Waals surface area contributed by atoms with Gasteiger partial charge in [0, 0.05) is 57.7 Å². The Hall–Kier alpha value is -2.89. The van der Waals surface area contributed by atoms with Crippen LogP contribution >= 0.6 is 0 Å². The molecule has 1 unspecified atom stereocenters. The molecular formula is C22H26N4O2. The molecule has 6 heteroatoms. The summed E-state index contributed by atoms with van der Waals surface area (Å²) in [6, 6.07) is 14.1. The minimum Gasteiger partial charge on any atom is -0.370 e. The number of anilines is 1. The number of carbonyl (C=O) groups excluding carboxylic acids is 2. The Morgan fingerprint density at radius 2 is 1.96 bits per heavy atom. The van der Waals surface area contributed by atoms with Gasteiger partial charge in [0.2, 0.25) is 11.8 Å². The summed E-state index contributed by atoms with van der Waals surface area (Å²) in [6.07, 6.45) is 4.67. The summed E-state index contributed by atoms with van der Waals surface area (Å²) < 4.78 is 0. The maximum absolute atomic E-state index is 13.3. The Balaban J connectivity index is 1.49. The zero-order valence-electron chi connectivity index (χ0n) is 16.4. The van der Waals surface area contributed by atoms with Crippen LogP contribution in [0.3, 0.4) is 0 Å². The van der Waals surface area contributed by atoms with Crippen LogP contribution in [0.25, 0.3) is 0 Å². The van der Waals surface area contributed by atoms with Gasteiger partial charge in [0.25, 0.3) is 0 Å². The van der Waals surface area contributed by atoms with Gasteiger partial charge in [-0.25, -0.2) is 0 Å². The second-order valence-corrected chi connectivity index (χ2v) is 7.72. The number of hydrogen-bond donors (Lipinski definition) is 0. The molecule has 0 N–H and O–H groups in total. The molecule has 6 nitrogen and oxygen atoms in total. The van der Waals surface area contributed by atoms with E-state index >= 15 is 0 Å². The number of benzene rings is 1. The summed E-state index contributed by atoms with van der Waals surface area (Å²) in [7, 11) is 3.86. The van der Waals surface area contributed by atoms with Crippen molar-refractivity contribution in [3.63, 3.8) is 0 Å². The highest BCUT2D eigenvalue weighted by Crippen LogP contribution is 2.38. The van der Waals surface area contributed by atoms with Crippen LogP contribution in [0.15, 0.2) is 54.9 Å². The number of hydrogen-bond acceptors (Lipinski definition) is 4. The molecule has 4 rings (SSSR count). The molecule has 2 aliphatic heterocycles. The van der Waals surface area contributed by atoms with Crippen LogP contribution in [0.5, 0.6) is 0 Å². The molecule has 28 heavy (non-hydrogen) atoms. The van der Waals surface area contributed by atoms with Crippen molar-refractivity contribution in [1.29, 1.82) is 0 Å². The third kappa shape index (κ3) is 3.35. The topological polar surface area (TPSA) is 56.8 Å². The molecule has 2 fully saturated rings. The lowest BCUT2D eigenvalue weighted by atomic mass is 9.93. The van der Waals surface area contributed by atoms with Crippen molar-refractivity contribution < 1.29 is 9.59 Å². The molecule has 0 bridgehead atoms. The average molecular weight is 378 g/mol. The molecule has 2 saturated heterocycles. The highest BCUT2D eigenvalue weighted by atomic mass is 16.2. The van der Waals surface area contributed by atoms with E-state index in [2.05, 4.69) is 29.1 Å². The predicted molar refractivity (Wildman–Crippen MR) is 108 cm³/mol. The van der Waals surface area contributed by atoms with Crippen LogP contribution < -0.4 is 4.90 Å². The fourth-order valence-electron chi connectivity index (χ4n) is 4.46. The first-order valence-corrected chi connectivity index (χ1v) is 9.78. The normalized spacial score (nSPS) is 24.6. The molecule has 0 aliphatic carbocycles. The molecule has 0 saturated carbocycles. The summed E-state index contributed by atoms with van der Waals surface area (Å²) >= 11 is 0. The van der Waals surface area contributed by atoms with Gasteiger partial charge in [0.15, 0.2) is 0 Å². The van der Waals surface area contributed by atoms with Gasteiger partial charge in [-0.05, 0) is 30.2 Å². The van der Waals surface area contributed by atoms with E-state index in [-0.39, 0.29) is 36.2 Å². The lowest BCUT2D eigenvalue weighted by Gasteiger charge is -2.29. The van der Waals surface area contributed by atoms with Crippen LogP contribution in [-0.2, 0) is 9.59 Å². The molecule has 2 aromatic rings. The predicted octanol–water partition coefficient (Wildman–Crippen LogP) is 2.34. The summed E-state index contributed by atoms with van der Waals surface area (Å²) in [5.74, 6) is -0.248. The number of pyridine rings is 1. The largest absolute Gasteiger partial charge is 0.370 e. The maximum atomic E-state index is 13.3. The monoisotopic (exact) mass is 378 g/mol. The minimum absolute atomic E-state index is 0.0179. The SMILES string of the molecule is CN(c1ccccc1)C1CCN(C(=O)[C@@H]2CC(=O)N(C)[C@H]2c2cccnc2)C1. The Kier molecular flexibility index (Phi) is 5.03. The first kappa shape index (κ1) is 18.5. The van der Waals surface area contributed by atoms with Crippen molar-refractivity contribution in [1.82, 2.24) is 14.8 Å². The lowest BCUT2D eigenvalue weighted by molar-refractivity contribution is -0.135. The molecule has 2 amide bonds. The zero-order chi connectivity index (χ0) is 19.7. The van der Waals surface area contributed by atoms with Crippen molar-refractivity contribution in [2.24, 2.45) is 5.92 Å². The number of aromatic nitrogens is 1. The van der Waals surface area contributed by atoms with Crippen LogP contribution in [0, 0.1) is 5.92 Å². The summed E-state index contributed by atoms with van der Waals surface area (Å²) in [6.45, 7) is 1.42. The number of amides is 2. The van der Waals surface area contributed by atoms with E-state index in [1.165, 1.54) is 0 Å². The van der Waals surface area contributed by atoms with Gasteiger partial charge in [-0.2, -0.15) is 0 Å². The van der Waals surface area contributed by atoms with Crippen LogP contribution in [-0.4, -0.2) is 59.8 Å². The Morgan fingerprint density at radius 1 is 1.18 bits per heavy atom. The van der Waals surface area contributed by atoms with E-state index in [0.29, 0.717) is 6.54 Å². The molecule has 2 aliphatic rings. The second kappa shape index (κ2) is 7.62. The second-order valence-electron chi connectivity index (χ2n) is 7.72. The van der Waals surface area contributed by atoms with E-state index in [1.54, 1.807) is 24.3 Å². The fourth-order valence-corrected chi connectivity index (χ4v) is 4.46. The minimum atomic E-state index is -0.345.